The second-order valence-electron chi connectivity index (χ2n) is 4.22. The minimum atomic E-state index is -0.165. The monoisotopic (exact) mass is 339 g/mol. The van der Waals surface area contributed by atoms with Gasteiger partial charge in [0.1, 0.15) is 5.75 Å². The van der Waals surface area contributed by atoms with E-state index in [9.17, 15) is 9.90 Å². The summed E-state index contributed by atoms with van der Waals surface area (Å²) in [6.45, 7) is 0.634. The van der Waals surface area contributed by atoms with Crippen LogP contribution in [0.1, 0.15) is 15.2 Å². The molecule has 3 nitrogen and oxygen atoms in total. The summed E-state index contributed by atoms with van der Waals surface area (Å²) in [6, 6.07) is 8.96. The van der Waals surface area contributed by atoms with Gasteiger partial charge >= 0.3 is 0 Å². The van der Waals surface area contributed by atoms with E-state index in [-0.39, 0.29) is 11.7 Å². The Hall–Kier alpha value is -1.33. The van der Waals surface area contributed by atoms with E-state index in [1.54, 1.807) is 35.4 Å². The second kappa shape index (κ2) is 6.21. The molecular formula is C14H14BrNO2S. The maximum Gasteiger partial charge on any atom is 0.257 e. The van der Waals surface area contributed by atoms with Crippen molar-refractivity contribution >= 4 is 33.2 Å². The summed E-state index contributed by atoms with van der Waals surface area (Å²) in [5.41, 5.74) is 0.330. The van der Waals surface area contributed by atoms with Gasteiger partial charge in [0, 0.05) is 22.9 Å². The SMILES string of the molecule is CN(CCc1cccs1)C(=O)c1ccc(Br)cc1O. The lowest BCUT2D eigenvalue weighted by Gasteiger charge is -2.17. The van der Waals surface area contributed by atoms with Crippen LogP contribution in [-0.2, 0) is 6.42 Å². The summed E-state index contributed by atoms with van der Waals surface area (Å²) >= 11 is 4.94. The van der Waals surface area contributed by atoms with Crippen LogP contribution in [0.15, 0.2) is 40.2 Å². The molecule has 2 aromatic rings. The number of hydrogen-bond donors (Lipinski definition) is 1. The Bertz CT molecular complexity index is 569. The average molecular weight is 340 g/mol. The Morgan fingerprint density at radius 3 is 2.84 bits per heavy atom. The lowest BCUT2D eigenvalue weighted by molar-refractivity contribution is 0.0794. The van der Waals surface area contributed by atoms with E-state index in [0.29, 0.717) is 12.1 Å². The van der Waals surface area contributed by atoms with E-state index in [4.69, 9.17) is 0 Å². The molecule has 0 bridgehead atoms. The first-order valence-corrected chi connectivity index (χ1v) is 7.51. The van der Waals surface area contributed by atoms with Crippen molar-refractivity contribution in [1.29, 1.82) is 0 Å². The number of halogens is 1. The molecule has 0 radical (unpaired) electrons. The normalized spacial score (nSPS) is 10.4. The van der Waals surface area contributed by atoms with Crippen molar-refractivity contribution in [2.24, 2.45) is 0 Å². The first-order chi connectivity index (χ1) is 9.08. The van der Waals surface area contributed by atoms with E-state index in [2.05, 4.69) is 22.0 Å². The Morgan fingerprint density at radius 1 is 1.42 bits per heavy atom. The third-order valence-corrected chi connectivity index (χ3v) is 4.24. The smallest absolute Gasteiger partial charge is 0.257 e. The van der Waals surface area contributed by atoms with Crippen molar-refractivity contribution < 1.29 is 9.90 Å². The van der Waals surface area contributed by atoms with E-state index in [1.165, 1.54) is 10.9 Å². The number of rotatable bonds is 4. The van der Waals surface area contributed by atoms with Gasteiger partial charge in [0.25, 0.3) is 5.91 Å². The van der Waals surface area contributed by atoms with Gasteiger partial charge in [0.05, 0.1) is 5.56 Å². The van der Waals surface area contributed by atoms with Crippen molar-refractivity contribution in [3.05, 3.63) is 50.6 Å². The summed E-state index contributed by atoms with van der Waals surface area (Å²) in [5, 5.41) is 11.8. The predicted molar refractivity (Wildman–Crippen MR) is 80.8 cm³/mol. The van der Waals surface area contributed by atoms with Gasteiger partial charge in [0.2, 0.25) is 0 Å². The number of phenolic OH excluding ortho intramolecular Hbond substituents is 1. The molecule has 0 saturated heterocycles. The zero-order valence-corrected chi connectivity index (χ0v) is 12.9. The van der Waals surface area contributed by atoms with Crippen molar-refractivity contribution in [3.63, 3.8) is 0 Å². The van der Waals surface area contributed by atoms with E-state index in [1.807, 2.05) is 11.4 Å². The van der Waals surface area contributed by atoms with Crippen LogP contribution in [-0.4, -0.2) is 29.5 Å². The molecular weight excluding hydrogens is 326 g/mol. The van der Waals surface area contributed by atoms with Gasteiger partial charge < -0.3 is 10.0 Å². The number of nitrogens with zero attached hydrogens (tertiary/aromatic N) is 1. The summed E-state index contributed by atoms with van der Waals surface area (Å²) < 4.78 is 0.753. The minimum absolute atomic E-state index is 0.00217. The lowest BCUT2D eigenvalue weighted by atomic mass is 10.1. The summed E-state index contributed by atoms with van der Waals surface area (Å²) in [4.78, 5) is 15.1. The summed E-state index contributed by atoms with van der Waals surface area (Å²) in [6.07, 6.45) is 0.831. The topological polar surface area (TPSA) is 40.5 Å². The van der Waals surface area contributed by atoms with E-state index >= 15 is 0 Å². The predicted octanol–water partition coefficient (Wildman–Crippen LogP) is 3.53. The third-order valence-electron chi connectivity index (χ3n) is 2.81. The van der Waals surface area contributed by atoms with Crippen molar-refractivity contribution in [2.75, 3.05) is 13.6 Å². The van der Waals surface area contributed by atoms with Gasteiger partial charge in [-0.05, 0) is 36.1 Å². The fourth-order valence-electron chi connectivity index (χ4n) is 1.73. The van der Waals surface area contributed by atoms with Gasteiger partial charge in [-0.15, -0.1) is 11.3 Å². The average Bonchev–Trinajstić information content (AvgIpc) is 2.88. The fourth-order valence-corrected chi connectivity index (χ4v) is 2.77. The van der Waals surface area contributed by atoms with E-state index in [0.717, 1.165) is 10.9 Å². The zero-order chi connectivity index (χ0) is 13.8. The summed E-state index contributed by atoms with van der Waals surface area (Å²) in [5.74, 6) is -0.163. The van der Waals surface area contributed by atoms with Crippen LogP contribution < -0.4 is 0 Å². The molecule has 1 amide bonds. The fraction of sp³-hybridized carbons (Fsp3) is 0.214. The number of likely N-dealkylation sites (N-methyl/N-ethyl adjacent to an activating group) is 1. The number of aromatic hydroxyl groups is 1. The second-order valence-corrected chi connectivity index (χ2v) is 6.17. The lowest BCUT2D eigenvalue weighted by Crippen LogP contribution is -2.28. The Kier molecular flexibility index (Phi) is 4.61. The van der Waals surface area contributed by atoms with Crippen molar-refractivity contribution in [2.45, 2.75) is 6.42 Å². The number of thiophene rings is 1. The Morgan fingerprint density at radius 2 is 2.21 bits per heavy atom. The molecule has 0 aliphatic heterocycles. The van der Waals surface area contributed by atoms with Gasteiger partial charge in [-0.3, -0.25) is 4.79 Å². The number of carbonyl (C=O) groups is 1. The van der Waals surface area contributed by atoms with Crippen LogP contribution >= 0.6 is 27.3 Å². The molecule has 0 fully saturated rings. The van der Waals surface area contributed by atoms with Gasteiger partial charge in [-0.25, -0.2) is 0 Å². The highest BCUT2D eigenvalue weighted by Crippen LogP contribution is 2.23. The molecule has 1 N–H and O–H groups in total. The standard InChI is InChI=1S/C14H14BrNO2S/c1-16(7-6-11-3-2-8-19-11)14(18)12-5-4-10(15)9-13(12)17/h2-5,8-9,17H,6-7H2,1H3. The van der Waals surface area contributed by atoms with Crippen LogP contribution in [0.3, 0.4) is 0 Å². The van der Waals surface area contributed by atoms with Crippen LogP contribution in [0.4, 0.5) is 0 Å². The molecule has 0 saturated carbocycles. The molecule has 0 aliphatic rings. The van der Waals surface area contributed by atoms with Crippen LogP contribution in [0.5, 0.6) is 5.75 Å². The van der Waals surface area contributed by atoms with Crippen molar-refractivity contribution in [3.8, 4) is 5.75 Å². The number of phenols is 1. The third kappa shape index (κ3) is 3.58. The Labute approximate surface area is 124 Å². The van der Waals surface area contributed by atoms with Gasteiger partial charge in [-0.2, -0.15) is 0 Å². The maximum atomic E-state index is 12.2. The molecule has 0 atom stereocenters. The van der Waals surface area contributed by atoms with Gasteiger partial charge in [0.15, 0.2) is 0 Å². The number of benzene rings is 1. The maximum absolute atomic E-state index is 12.2. The highest BCUT2D eigenvalue weighted by atomic mass is 79.9. The first-order valence-electron chi connectivity index (χ1n) is 5.84. The van der Waals surface area contributed by atoms with Gasteiger partial charge in [-0.1, -0.05) is 22.0 Å². The quantitative estimate of drug-likeness (QED) is 0.925. The van der Waals surface area contributed by atoms with Crippen molar-refractivity contribution in [1.82, 2.24) is 4.90 Å². The molecule has 100 valence electrons. The molecule has 0 spiro atoms. The number of carbonyl (C=O) groups excluding carboxylic acids is 1. The highest BCUT2D eigenvalue weighted by Gasteiger charge is 2.15. The minimum Gasteiger partial charge on any atom is -0.507 e. The largest absolute Gasteiger partial charge is 0.507 e. The molecule has 19 heavy (non-hydrogen) atoms. The molecule has 0 unspecified atom stereocenters. The molecule has 1 aromatic heterocycles. The number of hydrogen-bond acceptors (Lipinski definition) is 3. The molecule has 1 heterocycles. The van der Waals surface area contributed by atoms with Crippen LogP contribution in [0.2, 0.25) is 0 Å². The molecule has 0 aliphatic carbocycles. The summed E-state index contributed by atoms with van der Waals surface area (Å²) in [7, 11) is 1.75. The molecule has 5 heteroatoms. The zero-order valence-electron chi connectivity index (χ0n) is 10.5. The van der Waals surface area contributed by atoms with E-state index < -0.39 is 0 Å². The highest BCUT2D eigenvalue weighted by molar-refractivity contribution is 9.10. The molecule has 2 rings (SSSR count). The first kappa shape index (κ1) is 14.1. The van der Waals surface area contributed by atoms with Crippen LogP contribution in [0.25, 0.3) is 0 Å². The Balaban J connectivity index is 2.02. The number of amides is 1. The molecule has 1 aromatic carbocycles. The van der Waals surface area contributed by atoms with Crippen LogP contribution in [0, 0.1) is 0 Å².